The highest BCUT2D eigenvalue weighted by atomic mass is 35.5. The summed E-state index contributed by atoms with van der Waals surface area (Å²) in [6, 6.07) is 6.84. The lowest BCUT2D eigenvalue weighted by Crippen LogP contribution is -2.20. The Morgan fingerprint density at radius 3 is 2.47 bits per heavy atom. The van der Waals surface area contributed by atoms with Gasteiger partial charge in [-0.15, -0.1) is 11.6 Å². The van der Waals surface area contributed by atoms with E-state index in [0.717, 1.165) is 0 Å². The summed E-state index contributed by atoms with van der Waals surface area (Å²) in [5.41, 5.74) is 1.06. The normalized spacial score (nSPS) is 11.7. The third kappa shape index (κ3) is 3.46. The van der Waals surface area contributed by atoms with Gasteiger partial charge >= 0.3 is 11.9 Å². The minimum absolute atomic E-state index is 0.222. The first-order valence-corrected chi connectivity index (χ1v) is 5.42. The molecule has 0 saturated heterocycles. The zero-order valence-corrected chi connectivity index (χ0v) is 10.4. The molecule has 0 radical (unpaired) electrons. The van der Waals surface area contributed by atoms with Crippen molar-refractivity contribution in [3.8, 4) is 0 Å². The van der Waals surface area contributed by atoms with Crippen molar-refractivity contribution in [3.63, 3.8) is 0 Å². The minimum Gasteiger partial charge on any atom is -0.468 e. The Kier molecular flexibility index (Phi) is 4.97. The lowest BCUT2D eigenvalue weighted by molar-refractivity contribution is -0.140. The smallest absolute Gasteiger partial charge is 0.338 e. The molecule has 0 unspecified atom stereocenters. The van der Waals surface area contributed by atoms with Gasteiger partial charge in [-0.2, -0.15) is 0 Å². The van der Waals surface area contributed by atoms with Crippen LogP contribution >= 0.6 is 11.6 Å². The van der Waals surface area contributed by atoms with E-state index < -0.39 is 17.3 Å². The summed E-state index contributed by atoms with van der Waals surface area (Å²) in [4.78, 5) is 22.7. The van der Waals surface area contributed by atoms with E-state index in [2.05, 4.69) is 9.47 Å². The number of methoxy groups -OCH3 is 2. The quantitative estimate of drug-likeness (QED) is 0.609. The molecule has 92 valence electrons. The van der Waals surface area contributed by atoms with Gasteiger partial charge in [0, 0.05) is 6.42 Å². The van der Waals surface area contributed by atoms with Gasteiger partial charge in [0.15, 0.2) is 0 Å². The van der Waals surface area contributed by atoms with E-state index in [1.54, 1.807) is 24.3 Å². The van der Waals surface area contributed by atoms with Crippen molar-refractivity contribution in [2.24, 2.45) is 0 Å². The summed E-state index contributed by atoms with van der Waals surface area (Å²) in [6.45, 7) is 0. The molecule has 4 nitrogen and oxygen atoms in total. The minimum atomic E-state index is -0.814. The second kappa shape index (κ2) is 6.25. The van der Waals surface area contributed by atoms with Crippen LogP contribution in [0.25, 0.3) is 0 Å². The van der Waals surface area contributed by atoms with Gasteiger partial charge in [0.05, 0.1) is 19.8 Å². The molecular weight excluding hydrogens is 244 g/mol. The van der Waals surface area contributed by atoms with Crippen LogP contribution in [0.1, 0.15) is 15.9 Å². The maximum atomic E-state index is 11.5. The molecule has 0 spiro atoms. The van der Waals surface area contributed by atoms with Crippen LogP contribution in [-0.2, 0) is 20.7 Å². The van der Waals surface area contributed by atoms with Gasteiger partial charge in [0.1, 0.15) is 5.38 Å². The summed E-state index contributed by atoms with van der Waals surface area (Å²) in [6.07, 6.45) is 0.222. The highest BCUT2D eigenvalue weighted by Gasteiger charge is 2.20. The molecule has 0 aliphatic carbocycles. The van der Waals surface area contributed by atoms with Crippen LogP contribution < -0.4 is 0 Å². The van der Waals surface area contributed by atoms with Crippen molar-refractivity contribution >= 4 is 23.5 Å². The van der Waals surface area contributed by atoms with Gasteiger partial charge in [0.25, 0.3) is 0 Å². The molecule has 0 aliphatic heterocycles. The second-order valence-corrected chi connectivity index (χ2v) is 3.87. The molecule has 0 aromatic heterocycles. The van der Waals surface area contributed by atoms with Crippen LogP contribution in [0.5, 0.6) is 0 Å². The second-order valence-electron chi connectivity index (χ2n) is 3.34. The van der Waals surface area contributed by atoms with Crippen LogP contribution in [0.2, 0.25) is 0 Å². The summed E-state index contributed by atoms with van der Waals surface area (Å²) in [5, 5.41) is -0.814. The number of rotatable bonds is 4. The highest BCUT2D eigenvalue weighted by molar-refractivity contribution is 6.30. The number of carbonyl (C=O) groups excluding carboxylic acids is 2. The van der Waals surface area contributed by atoms with Crippen molar-refractivity contribution in [1.29, 1.82) is 0 Å². The molecule has 0 amide bonds. The first-order valence-electron chi connectivity index (χ1n) is 4.98. The Bertz CT molecular complexity index is 417. The topological polar surface area (TPSA) is 52.6 Å². The van der Waals surface area contributed by atoms with Gasteiger partial charge in [-0.25, -0.2) is 4.79 Å². The molecule has 0 heterocycles. The Labute approximate surface area is 104 Å². The van der Waals surface area contributed by atoms with Crippen LogP contribution in [-0.4, -0.2) is 31.5 Å². The van der Waals surface area contributed by atoms with Gasteiger partial charge in [-0.1, -0.05) is 18.2 Å². The number of benzene rings is 1. The molecule has 0 bridgehead atoms. The van der Waals surface area contributed by atoms with Crippen molar-refractivity contribution in [2.75, 3.05) is 14.2 Å². The predicted octanol–water partition coefficient (Wildman–Crippen LogP) is 1.80. The maximum Gasteiger partial charge on any atom is 0.338 e. The molecule has 17 heavy (non-hydrogen) atoms. The summed E-state index contributed by atoms with van der Waals surface area (Å²) >= 11 is 5.86. The standard InChI is InChI=1S/C12H13ClO4/c1-16-11(14)9-6-4-3-5-8(9)7-10(13)12(15)17-2/h3-6,10H,7H2,1-2H3/t10-/m0/s1. The SMILES string of the molecule is COC(=O)c1ccccc1C[C@H](Cl)C(=O)OC. The number of alkyl halides is 1. The molecule has 1 atom stereocenters. The zero-order chi connectivity index (χ0) is 12.8. The molecular formula is C12H13ClO4. The van der Waals surface area contributed by atoms with E-state index in [-0.39, 0.29) is 6.42 Å². The average molecular weight is 257 g/mol. The van der Waals surface area contributed by atoms with Crippen molar-refractivity contribution in [1.82, 2.24) is 0 Å². The molecule has 0 aliphatic rings. The Balaban J connectivity index is 2.91. The summed E-state index contributed by atoms with van der Waals surface area (Å²) < 4.78 is 9.17. The molecule has 5 heteroatoms. The number of halogens is 1. The Morgan fingerprint density at radius 1 is 1.24 bits per heavy atom. The van der Waals surface area contributed by atoms with Crippen molar-refractivity contribution in [2.45, 2.75) is 11.8 Å². The monoisotopic (exact) mass is 256 g/mol. The van der Waals surface area contributed by atoms with Gasteiger partial charge in [-0.3, -0.25) is 4.79 Å². The van der Waals surface area contributed by atoms with E-state index in [9.17, 15) is 9.59 Å². The number of carbonyl (C=O) groups is 2. The van der Waals surface area contributed by atoms with Crippen LogP contribution in [0.3, 0.4) is 0 Å². The number of hydrogen-bond acceptors (Lipinski definition) is 4. The van der Waals surface area contributed by atoms with Gasteiger partial charge in [0.2, 0.25) is 0 Å². The summed E-state index contributed by atoms with van der Waals surface area (Å²) in [5.74, 6) is -0.972. The van der Waals surface area contributed by atoms with E-state index in [1.807, 2.05) is 0 Å². The third-order valence-corrected chi connectivity index (χ3v) is 2.61. The third-order valence-electron chi connectivity index (χ3n) is 2.28. The lowest BCUT2D eigenvalue weighted by Gasteiger charge is -2.10. The number of esters is 2. The van der Waals surface area contributed by atoms with E-state index in [0.29, 0.717) is 11.1 Å². The van der Waals surface area contributed by atoms with Gasteiger partial charge in [-0.05, 0) is 11.6 Å². The molecule has 1 aromatic rings. The van der Waals surface area contributed by atoms with Crippen LogP contribution in [0.4, 0.5) is 0 Å². The zero-order valence-electron chi connectivity index (χ0n) is 9.60. The Morgan fingerprint density at radius 2 is 1.88 bits per heavy atom. The first kappa shape index (κ1) is 13.5. The van der Waals surface area contributed by atoms with Gasteiger partial charge < -0.3 is 9.47 Å². The molecule has 0 N–H and O–H groups in total. The summed E-state index contributed by atoms with van der Waals surface area (Å²) in [7, 11) is 2.57. The van der Waals surface area contributed by atoms with Crippen molar-refractivity contribution < 1.29 is 19.1 Å². The predicted molar refractivity (Wildman–Crippen MR) is 63.1 cm³/mol. The molecule has 1 aromatic carbocycles. The fourth-order valence-corrected chi connectivity index (χ4v) is 1.67. The number of ether oxygens (including phenoxy) is 2. The molecule has 0 saturated carbocycles. The van der Waals surface area contributed by atoms with Crippen molar-refractivity contribution in [3.05, 3.63) is 35.4 Å². The Hall–Kier alpha value is -1.55. The lowest BCUT2D eigenvalue weighted by atomic mass is 10.0. The maximum absolute atomic E-state index is 11.5. The van der Waals surface area contributed by atoms with E-state index in [1.165, 1.54) is 14.2 Å². The average Bonchev–Trinajstić information content (AvgIpc) is 2.37. The van der Waals surface area contributed by atoms with E-state index >= 15 is 0 Å². The fraction of sp³-hybridized carbons (Fsp3) is 0.333. The molecule has 0 fully saturated rings. The van der Waals surface area contributed by atoms with Crippen LogP contribution in [0.15, 0.2) is 24.3 Å². The largest absolute Gasteiger partial charge is 0.468 e. The van der Waals surface area contributed by atoms with Crippen LogP contribution in [0, 0.1) is 0 Å². The highest BCUT2D eigenvalue weighted by Crippen LogP contribution is 2.15. The number of hydrogen-bond donors (Lipinski definition) is 0. The fourth-order valence-electron chi connectivity index (χ4n) is 1.41. The first-order chi connectivity index (χ1) is 8.10. The molecule has 1 rings (SSSR count). The van der Waals surface area contributed by atoms with E-state index in [4.69, 9.17) is 11.6 Å².